The van der Waals surface area contributed by atoms with Gasteiger partial charge in [0.1, 0.15) is 5.82 Å². The first-order valence-corrected chi connectivity index (χ1v) is 8.01. The molecule has 0 aliphatic carbocycles. The van der Waals surface area contributed by atoms with E-state index in [2.05, 4.69) is 25.2 Å². The molecule has 0 spiro atoms. The van der Waals surface area contributed by atoms with Crippen LogP contribution in [-0.4, -0.2) is 41.0 Å². The fourth-order valence-corrected chi connectivity index (χ4v) is 3.22. The number of nitrogens with one attached hydrogen (secondary N) is 1. The van der Waals surface area contributed by atoms with Crippen LogP contribution in [0.1, 0.15) is 5.69 Å². The van der Waals surface area contributed by atoms with Crippen LogP contribution in [0.15, 0.2) is 23.7 Å². The maximum atomic E-state index is 6.21. The highest BCUT2D eigenvalue weighted by Crippen LogP contribution is 2.21. The zero-order chi connectivity index (χ0) is 14.7. The molecule has 0 radical (unpaired) electrons. The molecule has 8 heteroatoms. The van der Waals surface area contributed by atoms with Gasteiger partial charge >= 0.3 is 0 Å². The molecule has 1 fully saturated rings. The molecule has 1 saturated heterocycles. The molecule has 6 nitrogen and oxygen atoms in total. The second kappa shape index (κ2) is 6.57. The molecular formula is C13H17ClN6S. The van der Waals surface area contributed by atoms with Gasteiger partial charge in [0, 0.05) is 44.3 Å². The lowest BCUT2D eigenvalue weighted by Crippen LogP contribution is -2.46. The van der Waals surface area contributed by atoms with E-state index in [4.69, 9.17) is 17.4 Å². The molecule has 0 saturated carbocycles. The number of piperazine rings is 1. The van der Waals surface area contributed by atoms with Crippen LogP contribution >= 0.6 is 22.9 Å². The molecule has 3 heterocycles. The molecule has 0 aromatic carbocycles. The third-order valence-corrected chi connectivity index (χ3v) is 4.68. The molecule has 3 rings (SSSR count). The summed E-state index contributed by atoms with van der Waals surface area (Å²) in [7, 11) is 0. The van der Waals surface area contributed by atoms with E-state index >= 15 is 0 Å². The lowest BCUT2D eigenvalue weighted by molar-refractivity contribution is 0.247. The van der Waals surface area contributed by atoms with Gasteiger partial charge in [0.05, 0.1) is 10.7 Å². The van der Waals surface area contributed by atoms with Crippen molar-refractivity contribution in [3.8, 4) is 0 Å². The second-order valence-corrected chi connectivity index (χ2v) is 6.13. The summed E-state index contributed by atoms with van der Waals surface area (Å²) in [5, 5.41) is 3.79. The predicted molar refractivity (Wildman–Crippen MR) is 86.7 cm³/mol. The first-order chi connectivity index (χ1) is 10.3. The van der Waals surface area contributed by atoms with Crippen molar-refractivity contribution in [2.75, 3.05) is 36.5 Å². The molecule has 0 unspecified atom stereocenters. The van der Waals surface area contributed by atoms with E-state index < -0.39 is 0 Å². The third-order valence-electron chi connectivity index (χ3n) is 3.50. The highest BCUT2D eigenvalue weighted by molar-refractivity contribution is 7.13. The van der Waals surface area contributed by atoms with Crippen molar-refractivity contribution < 1.29 is 0 Å². The van der Waals surface area contributed by atoms with Gasteiger partial charge < -0.3 is 10.3 Å². The van der Waals surface area contributed by atoms with Crippen molar-refractivity contribution in [2.24, 2.45) is 5.84 Å². The quantitative estimate of drug-likeness (QED) is 0.660. The number of nitrogens with two attached hydrogens (primary N) is 1. The Morgan fingerprint density at radius 1 is 1.29 bits per heavy atom. The molecule has 3 N–H and O–H groups in total. The molecule has 21 heavy (non-hydrogen) atoms. The van der Waals surface area contributed by atoms with E-state index in [9.17, 15) is 0 Å². The number of anilines is 2. The molecule has 1 aliphatic heterocycles. The van der Waals surface area contributed by atoms with E-state index in [0.717, 1.165) is 43.5 Å². The van der Waals surface area contributed by atoms with Crippen molar-refractivity contribution in [2.45, 2.75) is 6.54 Å². The van der Waals surface area contributed by atoms with Crippen LogP contribution in [0.5, 0.6) is 0 Å². The maximum absolute atomic E-state index is 6.21. The summed E-state index contributed by atoms with van der Waals surface area (Å²) in [5.74, 6) is 6.03. The largest absolute Gasteiger partial charge is 0.346 e. The number of halogens is 1. The predicted octanol–water partition coefficient (Wildman–Crippen LogP) is 1.80. The summed E-state index contributed by atoms with van der Waals surface area (Å²) >= 11 is 7.89. The normalized spacial score (nSPS) is 16.2. The molecule has 1 aliphatic rings. The van der Waals surface area contributed by atoms with Crippen LogP contribution in [0.3, 0.4) is 0 Å². The monoisotopic (exact) mass is 324 g/mol. The topological polar surface area (TPSA) is 70.3 Å². The molecule has 2 aromatic heterocycles. The van der Waals surface area contributed by atoms with Crippen molar-refractivity contribution >= 4 is 33.9 Å². The summed E-state index contributed by atoms with van der Waals surface area (Å²) in [4.78, 5) is 13.4. The van der Waals surface area contributed by atoms with Gasteiger partial charge in [-0.2, -0.15) is 0 Å². The smallest absolute Gasteiger partial charge is 0.185 e. The van der Waals surface area contributed by atoms with Crippen LogP contribution in [0.2, 0.25) is 5.02 Å². The summed E-state index contributed by atoms with van der Waals surface area (Å²) in [5.41, 5.74) is 3.41. The summed E-state index contributed by atoms with van der Waals surface area (Å²) in [6.45, 7) is 4.62. The Labute approximate surface area is 132 Å². The first-order valence-electron chi connectivity index (χ1n) is 6.75. The van der Waals surface area contributed by atoms with Crippen LogP contribution in [-0.2, 0) is 6.54 Å². The molecule has 2 aromatic rings. The standard InChI is InChI=1S/C13H17ClN6S/c14-10-1-2-12(18-15)17-11(10)9-19-4-6-20(7-5-19)13-16-3-8-21-13/h1-3,8H,4-7,9,15H2,(H,17,18). The molecule has 0 atom stereocenters. The molecular weight excluding hydrogens is 308 g/mol. The Morgan fingerprint density at radius 2 is 2.10 bits per heavy atom. The van der Waals surface area contributed by atoms with Crippen LogP contribution < -0.4 is 16.2 Å². The number of pyridine rings is 1. The maximum Gasteiger partial charge on any atom is 0.185 e. The molecule has 0 bridgehead atoms. The lowest BCUT2D eigenvalue weighted by Gasteiger charge is -2.34. The Hall–Kier alpha value is -1.41. The van der Waals surface area contributed by atoms with Crippen molar-refractivity contribution in [3.63, 3.8) is 0 Å². The SMILES string of the molecule is NNc1ccc(Cl)c(CN2CCN(c3nccs3)CC2)n1. The van der Waals surface area contributed by atoms with Gasteiger partial charge in [-0.1, -0.05) is 11.6 Å². The number of hydrazine groups is 1. The minimum Gasteiger partial charge on any atom is -0.346 e. The van der Waals surface area contributed by atoms with E-state index in [1.54, 1.807) is 17.4 Å². The van der Waals surface area contributed by atoms with Crippen molar-refractivity contribution in [1.82, 2.24) is 14.9 Å². The number of hydrogen-bond acceptors (Lipinski definition) is 7. The zero-order valence-corrected chi connectivity index (χ0v) is 13.1. The fourth-order valence-electron chi connectivity index (χ4n) is 2.36. The highest BCUT2D eigenvalue weighted by Gasteiger charge is 2.19. The summed E-state index contributed by atoms with van der Waals surface area (Å²) in [6.07, 6.45) is 1.85. The van der Waals surface area contributed by atoms with E-state index in [1.807, 2.05) is 17.6 Å². The number of hydrogen-bond donors (Lipinski definition) is 2. The van der Waals surface area contributed by atoms with Gasteiger partial charge in [-0.25, -0.2) is 15.8 Å². The van der Waals surface area contributed by atoms with Crippen molar-refractivity contribution in [1.29, 1.82) is 0 Å². The Bertz CT molecular complexity index is 582. The second-order valence-electron chi connectivity index (χ2n) is 4.85. The van der Waals surface area contributed by atoms with Gasteiger partial charge in [0.25, 0.3) is 0 Å². The average Bonchev–Trinajstić information content (AvgIpc) is 3.04. The van der Waals surface area contributed by atoms with Gasteiger partial charge in [-0.05, 0) is 12.1 Å². The summed E-state index contributed by atoms with van der Waals surface area (Å²) in [6, 6.07) is 3.59. The first kappa shape index (κ1) is 14.5. The molecule has 0 amide bonds. The number of nitrogen functional groups attached to an aromatic ring is 1. The van der Waals surface area contributed by atoms with E-state index in [0.29, 0.717) is 10.8 Å². The Balaban J connectivity index is 1.60. The van der Waals surface area contributed by atoms with E-state index in [1.165, 1.54) is 0 Å². The average molecular weight is 325 g/mol. The number of aromatic nitrogens is 2. The van der Waals surface area contributed by atoms with Gasteiger partial charge in [-0.3, -0.25) is 4.90 Å². The lowest BCUT2D eigenvalue weighted by atomic mass is 10.2. The molecule has 112 valence electrons. The minimum absolute atomic E-state index is 0.635. The fraction of sp³-hybridized carbons (Fsp3) is 0.385. The number of thiazole rings is 1. The Kier molecular flexibility index (Phi) is 4.54. The summed E-state index contributed by atoms with van der Waals surface area (Å²) < 4.78 is 0. The minimum atomic E-state index is 0.635. The van der Waals surface area contributed by atoms with Crippen molar-refractivity contribution in [3.05, 3.63) is 34.4 Å². The van der Waals surface area contributed by atoms with Gasteiger partial charge in [0.15, 0.2) is 5.13 Å². The van der Waals surface area contributed by atoms with E-state index in [-0.39, 0.29) is 0 Å². The van der Waals surface area contributed by atoms with Crippen LogP contribution in [0, 0.1) is 0 Å². The third kappa shape index (κ3) is 3.44. The zero-order valence-electron chi connectivity index (χ0n) is 11.5. The van der Waals surface area contributed by atoms with Crippen LogP contribution in [0.25, 0.3) is 0 Å². The van der Waals surface area contributed by atoms with Gasteiger partial charge in [0.2, 0.25) is 0 Å². The number of rotatable bonds is 4. The van der Waals surface area contributed by atoms with Gasteiger partial charge in [-0.15, -0.1) is 11.3 Å². The van der Waals surface area contributed by atoms with Crippen LogP contribution in [0.4, 0.5) is 10.9 Å². The number of nitrogens with zero attached hydrogens (tertiary/aromatic N) is 4. The highest BCUT2D eigenvalue weighted by atomic mass is 35.5. The Morgan fingerprint density at radius 3 is 2.76 bits per heavy atom.